The fourth-order valence-corrected chi connectivity index (χ4v) is 9.08. The Balaban J connectivity index is 1.05. The summed E-state index contributed by atoms with van der Waals surface area (Å²) in [5.74, 6) is 0. The summed E-state index contributed by atoms with van der Waals surface area (Å²) in [5.41, 5.74) is 17.5. The third-order valence-electron chi connectivity index (χ3n) is 12.2. The third kappa shape index (κ3) is 7.58. The predicted molar refractivity (Wildman–Crippen MR) is 269 cm³/mol. The summed E-state index contributed by atoms with van der Waals surface area (Å²) >= 11 is 0. The van der Waals surface area contributed by atoms with Crippen LogP contribution in [0.3, 0.4) is 0 Å². The molecule has 0 bridgehead atoms. The van der Waals surface area contributed by atoms with Crippen molar-refractivity contribution in [1.29, 1.82) is 0 Å². The van der Waals surface area contributed by atoms with Crippen LogP contribution in [0.25, 0.3) is 88.3 Å². The molecule has 0 atom stereocenters. The highest BCUT2D eigenvalue weighted by molar-refractivity contribution is 6.14. The van der Waals surface area contributed by atoms with Crippen LogP contribution < -0.4 is 4.90 Å². The van der Waals surface area contributed by atoms with Gasteiger partial charge in [0.05, 0.1) is 0 Å². The molecule has 0 aliphatic heterocycles. The zero-order chi connectivity index (χ0) is 42.0. The van der Waals surface area contributed by atoms with Crippen LogP contribution in [-0.4, -0.2) is 0 Å². The molecule has 0 fully saturated rings. The monoisotopic (exact) mass is 801 g/mol. The van der Waals surface area contributed by atoms with Gasteiger partial charge in [-0.1, -0.05) is 194 Å². The first-order valence-corrected chi connectivity index (χ1v) is 21.7. The number of rotatable bonds is 9. The highest BCUT2D eigenvalue weighted by Gasteiger charge is 2.17. The minimum absolute atomic E-state index is 1.08. The van der Waals surface area contributed by atoms with Gasteiger partial charge in [-0.2, -0.15) is 0 Å². The van der Waals surface area contributed by atoms with Gasteiger partial charge in [-0.25, -0.2) is 0 Å². The van der Waals surface area contributed by atoms with E-state index in [2.05, 4.69) is 266 Å². The normalized spacial score (nSPS) is 11.2. The minimum atomic E-state index is 1.08. The smallest absolute Gasteiger partial charge is 0.0467 e. The molecule has 11 aromatic rings. The summed E-state index contributed by atoms with van der Waals surface area (Å²) in [6.45, 7) is 0. The molecule has 0 radical (unpaired) electrons. The lowest BCUT2D eigenvalue weighted by Gasteiger charge is -2.27. The van der Waals surface area contributed by atoms with E-state index in [0.717, 1.165) is 22.6 Å². The van der Waals surface area contributed by atoms with Gasteiger partial charge in [-0.15, -0.1) is 0 Å². The molecule has 0 N–H and O–H groups in total. The lowest BCUT2D eigenvalue weighted by molar-refractivity contribution is 1.28. The SMILES string of the molecule is c1ccc(-c2cccc(-c3ccc(N(c4cccc(-c5cc(-c6ccccc6)cc(-c6ccccc6)c5)c4)c4cccc(-c5cc6ccccc6c6ccccc56)c4)cc3)c2)cc1. The van der Waals surface area contributed by atoms with Gasteiger partial charge in [-0.05, 0) is 155 Å². The Morgan fingerprint density at radius 1 is 0.190 bits per heavy atom. The lowest BCUT2D eigenvalue weighted by atomic mass is 9.92. The Morgan fingerprint density at radius 3 is 1.16 bits per heavy atom. The molecule has 1 nitrogen and oxygen atoms in total. The maximum atomic E-state index is 2.40. The van der Waals surface area contributed by atoms with E-state index in [1.807, 2.05) is 0 Å². The predicted octanol–water partition coefficient (Wildman–Crippen LogP) is 17.5. The van der Waals surface area contributed by atoms with Crippen molar-refractivity contribution in [2.24, 2.45) is 0 Å². The molecule has 11 rings (SSSR count). The molecular formula is C62H43N. The van der Waals surface area contributed by atoms with Crippen LogP contribution in [-0.2, 0) is 0 Å². The number of hydrogen-bond acceptors (Lipinski definition) is 1. The first-order valence-electron chi connectivity index (χ1n) is 21.7. The van der Waals surface area contributed by atoms with Crippen molar-refractivity contribution in [3.05, 3.63) is 261 Å². The van der Waals surface area contributed by atoms with Crippen molar-refractivity contribution in [2.45, 2.75) is 0 Å². The van der Waals surface area contributed by atoms with E-state index in [9.17, 15) is 0 Å². The van der Waals surface area contributed by atoms with Crippen molar-refractivity contribution < 1.29 is 0 Å². The minimum Gasteiger partial charge on any atom is -0.310 e. The molecule has 0 heterocycles. The molecular weight excluding hydrogens is 759 g/mol. The number of fused-ring (bicyclic) bond motifs is 3. The van der Waals surface area contributed by atoms with Crippen molar-refractivity contribution in [3.63, 3.8) is 0 Å². The van der Waals surface area contributed by atoms with Crippen LogP contribution in [0.5, 0.6) is 0 Å². The summed E-state index contributed by atoms with van der Waals surface area (Å²) in [6.07, 6.45) is 0. The number of anilines is 3. The zero-order valence-electron chi connectivity index (χ0n) is 34.8. The van der Waals surface area contributed by atoms with Gasteiger partial charge in [0, 0.05) is 17.1 Å². The second-order valence-electron chi connectivity index (χ2n) is 16.2. The number of nitrogens with zero attached hydrogens (tertiary/aromatic N) is 1. The van der Waals surface area contributed by atoms with E-state index in [0.29, 0.717) is 0 Å². The first kappa shape index (κ1) is 37.7. The van der Waals surface area contributed by atoms with E-state index in [4.69, 9.17) is 0 Å². The van der Waals surface area contributed by atoms with E-state index in [-0.39, 0.29) is 0 Å². The largest absolute Gasteiger partial charge is 0.310 e. The van der Waals surface area contributed by atoms with Gasteiger partial charge < -0.3 is 4.90 Å². The van der Waals surface area contributed by atoms with Crippen LogP contribution >= 0.6 is 0 Å². The average Bonchev–Trinajstić information content (AvgIpc) is 3.37. The molecule has 1 heteroatoms. The summed E-state index contributed by atoms with van der Waals surface area (Å²) in [5, 5.41) is 5.02. The van der Waals surface area contributed by atoms with E-state index < -0.39 is 0 Å². The fraction of sp³-hybridized carbons (Fsp3) is 0. The van der Waals surface area contributed by atoms with Gasteiger partial charge in [0.15, 0.2) is 0 Å². The first-order chi connectivity index (χ1) is 31.2. The quantitative estimate of drug-likeness (QED) is 0.131. The number of benzene rings is 11. The second-order valence-corrected chi connectivity index (χ2v) is 16.2. The Kier molecular flexibility index (Phi) is 9.97. The van der Waals surface area contributed by atoms with Gasteiger partial charge >= 0.3 is 0 Å². The Hall–Kier alpha value is -8.26. The molecule has 63 heavy (non-hydrogen) atoms. The molecule has 0 saturated heterocycles. The van der Waals surface area contributed by atoms with Gasteiger partial charge in [0.25, 0.3) is 0 Å². The van der Waals surface area contributed by atoms with Gasteiger partial charge in [0.2, 0.25) is 0 Å². The second kappa shape index (κ2) is 16.7. The van der Waals surface area contributed by atoms with Gasteiger partial charge in [-0.3, -0.25) is 0 Å². The fourth-order valence-electron chi connectivity index (χ4n) is 9.08. The van der Waals surface area contributed by atoms with Crippen molar-refractivity contribution >= 4 is 38.6 Å². The molecule has 0 unspecified atom stereocenters. The average molecular weight is 802 g/mol. The topological polar surface area (TPSA) is 3.24 Å². The number of hydrogen-bond donors (Lipinski definition) is 0. The Morgan fingerprint density at radius 2 is 0.571 bits per heavy atom. The highest BCUT2D eigenvalue weighted by atomic mass is 15.1. The molecule has 0 aliphatic rings. The molecule has 296 valence electrons. The van der Waals surface area contributed by atoms with Crippen molar-refractivity contribution in [3.8, 4) is 66.8 Å². The van der Waals surface area contributed by atoms with Crippen LogP contribution in [0.2, 0.25) is 0 Å². The molecule has 0 amide bonds. The van der Waals surface area contributed by atoms with Crippen LogP contribution in [0, 0.1) is 0 Å². The molecule has 0 spiro atoms. The molecule has 11 aromatic carbocycles. The third-order valence-corrected chi connectivity index (χ3v) is 12.2. The summed E-state index contributed by atoms with van der Waals surface area (Å²) in [4.78, 5) is 2.40. The Bertz CT molecular complexity index is 3310. The molecule has 0 saturated carbocycles. The summed E-state index contributed by atoms with van der Waals surface area (Å²) in [7, 11) is 0. The molecule has 0 aromatic heterocycles. The summed E-state index contributed by atoms with van der Waals surface area (Å²) < 4.78 is 0. The van der Waals surface area contributed by atoms with Crippen LogP contribution in [0.1, 0.15) is 0 Å². The van der Waals surface area contributed by atoms with Crippen LogP contribution in [0.4, 0.5) is 17.1 Å². The highest BCUT2D eigenvalue weighted by Crippen LogP contribution is 2.42. The summed E-state index contributed by atoms with van der Waals surface area (Å²) in [6, 6.07) is 94.7. The Labute approximate surface area is 369 Å². The standard InChI is InChI=1S/C62H43N/c1-4-17-44(18-5-1)48-24-14-25-49(37-48)47-33-35-56(36-34-47)63(58-29-16-27-51(42-58)62-43-52-23-10-11-30-59(52)60-31-12-13-32-61(60)62)57-28-15-26-50(41-57)55-39-53(45-19-6-2-7-20-45)38-54(40-55)46-21-8-3-9-22-46/h1-43H. The van der Waals surface area contributed by atoms with E-state index >= 15 is 0 Å². The maximum Gasteiger partial charge on any atom is 0.0467 e. The lowest BCUT2D eigenvalue weighted by Crippen LogP contribution is -2.10. The van der Waals surface area contributed by atoms with Gasteiger partial charge in [0.1, 0.15) is 0 Å². The zero-order valence-corrected chi connectivity index (χ0v) is 34.8. The molecule has 0 aliphatic carbocycles. The van der Waals surface area contributed by atoms with Crippen molar-refractivity contribution in [2.75, 3.05) is 4.90 Å². The van der Waals surface area contributed by atoms with E-state index in [1.165, 1.54) is 82.7 Å². The van der Waals surface area contributed by atoms with E-state index in [1.54, 1.807) is 0 Å². The van der Waals surface area contributed by atoms with Crippen LogP contribution in [0.15, 0.2) is 261 Å². The maximum absolute atomic E-state index is 2.40. The van der Waals surface area contributed by atoms with Crippen molar-refractivity contribution in [1.82, 2.24) is 0 Å².